The van der Waals surface area contributed by atoms with E-state index in [1.165, 1.54) is 12.1 Å². The van der Waals surface area contributed by atoms with Crippen LogP contribution >= 0.6 is 15.9 Å². The molecule has 6 nitrogen and oxygen atoms in total. The Morgan fingerprint density at radius 3 is 2.35 bits per heavy atom. The predicted octanol–water partition coefficient (Wildman–Crippen LogP) is 4.09. The fourth-order valence-corrected chi connectivity index (χ4v) is 3.16. The number of rotatable bonds is 5. The van der Waals surface area contributed by atoms with E-state index in [2.05, 4.69) is 15.9 Å². The predicted molar refractivity (Wildman–Crippen MR) is 89.2 cm³/mol. The first-order valence-corrected chi connectivity index (χ1v) is 8.89. The largest absolute Gasteiger partial charge is 0.426 e. The van der Waals surface area contributed by atoms with E-state index in [9.17, 15) is 32.3 Å². The Hall–Kier alpha value is -2.27. The Morgan fingerprint density at radius 2 is 1.81 bits per heavy atom. The Labute approximate surface area is 155 Å². The third kappa shape index (κ3) is 5.11. The maximum atomic E-state index is 12.7. The van der Waals surface area contributed by atoms with Gasteiger partial charge < -0.3 is 4.74 Å². The van der Waals surface area contributed by atoms with Gasteiger partial charge in [-0.2, -0.15) is 13.2 Å². The number of esters is 1. The Morgan fingerprint density at radius 1 is 1.19 bits per heavy atom. The summed E-state index contributed by atoms with van der Waals surface area (Å²) >= 11 is 3.19. The molecule has 0 saturated heterocycles. The van der Waals surface area contributed by atoms with Gasteiger partial charge in [-0.05, 0) is 36.4 Å². The second-order valence-corrected chi connectivity index (χ2v) is 7.19. The van der Waals surface area contributed by atoms with Gasteiger partial charge in [0.25, 0.3) is 5.69 Å². The van der Waals surface area contributed by atoms with Crippen molar-refractivity contribution in [1.82, 2.24) is 0 Å². The van der Waals surface area contributed by atoms with E-state index in [1.807, 2.05) is 0 Å². The van der Waals surface area contributed by atoms with Crippen LogP contribution in [0.15, 0.2) is 51.8 Å². The molecule has 0 amide bonds. The number of nitro benzene ring substituents is 1. The van der Waals surface area contributed by atoms with Crippen LogP contribution in [0.25, 0.3) is 0 Å². The van der Waals surface area contributed by atoms with Gasteiger partial charge in [-0.3, -0.25) is 19.1 Å². The average Bonchev–Trinajstić information content (AvgIpc) is 2.55. The highest BCUT2D eigenvalue weighted by atomic mass is 79.9. The van der Waals surface area contributed by atoms with Crippen LogP contribution in [0.1, 0.15) is 5.56 Å². The van der Waals surface area contributed by atoms with Gasteiger partial charge in [0.05, 0.1) is 21.3 Å². The van der Waals surface area contributed by atoms with Crippen LogP contribution in [0, 0.1) is 10.1 Å². The number of alkyl halides is 3. The van der Waals surface area contributed by atoms with Gasteiger partial charge in [-0.1, -0.05) is 15.9 Å². The summed E-state index contributed by atoms with van der Waals surface area (Å²) in [6, 6.07) is 7.70. The molecule has 0 aliphatic rings. The summed E-state index contributed by atoms with van der Waals surface area (Å²) in [7, 11) is -2.25. The van der Waals surface area contributed by atoms with Crippen molar-refractivity contribution in [2.45, 2.75) is 11.1 Å². The minimum Gasteiger partial charge on any atom is -0.426 e. The fourth-order valence-electron chi connectivity index (χ4n) is 1.88. The summed E-state index contributed by atoms with van der Waals surface area (Å²) in [5.74, 6) is -1.53. The summed E-state index contributed by atoms with van der Waals surface area (Å²) in [6.45, 7) is 0. The number of nitro groups is 1. The second-order valence-electron chi connectivity index (χ2n) is 4.86. The number of ether oxygens (including phenoxy) is 1. The number of hydrogen-bond donors (Lipinski definition) is 0. The molecular formula is C15H9BrF3NO5S. The Kier molecular flexibility index (Phi) is 6.13. The highest BCUT2D eigenvalue weighted by Gasteiger charge is 2.34. The number of carbonyl (C=O) groups is 1. The van der Waals surface area contributed by atoms with Gasteiger partial charge in [-0.15, -0.1) is 0 Å². The van der Waals surface area contributed by atoms with Crippen molar-refractivity contribution in [3.63, 3.8) is 0 Å². The first kappa shape index (κ1) is 20.0. The molecule has 2 aromatic rings. The van der Waals surface area contributed by atoms with Gasteiger partial charge in [-0.25, -0.2) is 0 Å². The SMILES string of the molecule is O=C(C[S@](=O)c1ccc(C(F)(F)F)cc1[N+](=O)[O-])Oc1ccc(Br)cc1. The molecule has 2 aromatic carbocycles. The molecule has 0 heterocycles. The highest BCUT2D eigenvalue weighted by molar-refractivity contribution is 9.10. The zero-order valence-corrected chi connectivity index (χ0v) is 15.1. The van der Waals surface area contributed by atoms with E-state index in [-0.39, 0.29) is 11.8 Å². The second kappa shape index (κ2) is 7.96. The minimum absolute atomic E-state index is 0.164. The number of hydrogen-bond acceptors (Lipinski definition) is 5. The first-order chi connectivity index (χ1) is 12.1. The lowest BCUT2D eigenvalue weighted by Gasteiger charge is -2.09. The van der Waals surface area contributed by atoms with Crippen molar-refractivity contribution in [2.75, 3.05) is 5.75 Å². The summed E-state index contributed by atoms with van der Waals surface area (Å²) < 4.78 is 55.9. The van der Waals surface area contributed by atoms with Crippen LogP contribution in [0.5, 0.6) is 5.75 Å². The average molecular weight is 452 g/mol. The topological polar surface area (TPSA) is 86.5 Å². The highest BCUT2D eigenvalue weighted by Crippen LogP contribution is 2.34. The number of nitrogens with zero attached hydrogens (tertiary/aromatic N) is 1. The number of benzene rings is 2. The lowest BCUT2D eigenvalue weighted by molar-refractivity contribution is -0.388. The lowest BCUT2D eigenvalue weighted by atomic mass is 10.2. The molecule has 0 bridgehead atoms. The van der Waals surface area contributed by atoms with Crippen LogP contribution in [-0.4, -0.2) is 20.9 Å². The molecule has 0 N–H and O–H groups in total. The molecule has 0 aromatic heterocycles. The molecule has 138 valence electrons. The molecule has 0 aliphatic carbocycles. The van der Waals surface area contributed by atoms with Crippen molar-refractivity contribution in [1.29, 1.82) is 0 Å². The molecule has 0 saturated carbocycles. The van der Waals surface area contributed by atoms with E-state index < -0.39 is 49.8 Å². The number of carbonyl (C=O) groups excluding carboxylic acids is 1. The maximum absolute atomic E-state index is 12.7. The molecule has 26 heavy (non-hydrogen) atoms. The zero-order chi connectivity index (χ0) is 19.5. The van der Waals surface area contributed by atoms with Crippen molar-refractivity contribution < 1.29 is 31.8 Å². The van der Waals surface area contributed by atoms with Crippen LogP contribution in [-0.2, 0) is 21.8 Å². The number of halogens is 4. The molecular weight excluding hydrogens is 443 g/mol. The van der Waals surface area contributed by atoms with E-state index in [0.717, 1.165) is 10.5 Å². The summed E-state index contributed by atoms with van der Waals surface area (Å²) in [4.78, 5) is 21.2. The Bertz CT molecular complexity index is 871. The normalized spacial score (nSPS) is 12.5. The van der Waals surface area contributed by atoms with Crippen LogP contribution in [0.3, 0.4) is 0 Å². The monoisotopic (exact) mass is 451 g/mol. The van der Waals surface area contributed by atoms with E-state index in [1.54, 1.807) is 12.1 Å². The molecule has 0 aliphatic heterocycles. The molecule has 11 heteroatoms. The zero-order valence-electron chi connectivity index (χ0n) is 12.7. The van der Waals surface area contributed by atoms with E-state index in [0.29, 0.717) is 6.07 Å². The lowest BCUT2D eigenvalue weighted by Crippen LogP contribution is -2.18. The van der Waals surface area contributed by atoms with Gasteiger partial charge in [0.2, 0.25) is 0 Å². The van der Waals surface area contributed by atoms with Gasteiger partial charge in [0.15, 0.2) is 0 Å². The quantitative estimate of drug-likeness (QED) is 0.295. The molecule has 2 rings (SSSR count). The van der Waals surface area contributed by atoms with Crippen molar-refractivity contribution in [3.8, 4) is 5.75 Å². The Balaban J connectivity index is 2.19. The molecule has 1 atom stereocenters. The third-order valence-electron chi connectivity index (χ3n) is 3.02. The third-order valence-corrected chi connectivity index (χ3v) is 4.88. The smallest absolute Gasteiger partial charge is 0.416 e. The van der Waals surface area contributed by atoms with Crippen LogP contribution < -0.4 is 4.74 Å². The maximum Gasteiger partial charge on any atom is 0.416 e. The first-order valence-electron chi connectivity index (χ1n) is 6.78. The van der Waals surface area contributed by atoms with E-state index >= 15 is 0 Å². The van der Waals surface area contributed by atoms with Crippen LogP contribution in [0.2, 0.25) is 0 Å². The van der Waals surface area contributed by atoms with Crippen molar-refractivity contribution >= 4 is 38.4 Å². The standard InChI is InChI=1S/C15H9BrF3NO5S/c16-10-2-4-11(5-3-10)25-14(21)8-26(24)13-6-1-9(15(17,18)19)7-12(13)20(22)23/h1-7H,8H2/t26-/m0/s1. The van der Waals surface area contributed by atoms with Gasteiger partial charge in [0.1, 0.15) is 16.4 Å². The van der Waals surface area contributed by atoms with Crippen molar-refractivity contribution in [3.05, 3.63) is 62.6 Å². The van der Waals surface area contributed by atoms with Gasteiger partial charge in [0, 0.05) is 10.5 Å². The fraction of sp³-hybridized carbons (Fsp3) is 0.133. The van der Waals surface area contributed by atoms with Crippen molar-refractivity contribution in [2.24, 2.45) is 0 Å². The van der Waals surface area contributed by atoms with E-state index in [4.69, 9.17) is 4.74 Å². The summed E-state index contributed by atoms with van der Waals surface area (Å²) in [6.07, 6.45) is -4.79. The molecule has 0 unspecified atom stereocenters. The molecule has 0 fully saturated rings. The summed E-state index contributed by atoms with van der Waals surface area (Å²) in [5.41, 5.74) is -2.23. The molecule has 0 radical (unpaired) electrons. The van der Waals surface area contributed by atoms with Gasteiger partial charge >= 0.3 is 12.1 Å². The summed E-state index contributed by atoms with van der Waals surface area (Å²) in [5, 5.41) is 11.0. The molecule has 0 spiro atoms. The minimum atomic E-state index is -4.79. The van der Waals surface area contributed by atoms with Crippen LogP contribution in [0.4, 0.5) is 18.9 Å².